The first-order valence-electron chi connectivity index (χ1n) is 7.95. The number of methoxy groups -OCH3 is 1. The molecule has 0 bridgehead atoms. The predicted molar refractivity (Wildman–Crippen MR) is 90.2 cm³/mol. The first-order chi connectivity index (χ1) is 11.8. The third kappa shape index (κ3) is 2.78. The highest BCUT2D eigenvalue weighted by molar-refractivity contribution is 5.87. The van der Waals surface area contributed by atoms with Crippen LogP contribution in [0.3, 0.4) is 0 Å². The van der Waals surface area contributed by atoms with Crippen LogP contribution in [-0.2, 0) is 4.74 Å². The maximum absolute atomic E-state index is 5.92. The van der Waals surface area contributed by atoms with E-state index in [2.05, 4.69) is 24.8 Å². The SMILES string of the molecule is CO[C@@H]1C[C@@H](COc2cccnc2)N(c2ncnc3[nH]ccc23)C1. The van der Waals surface area contributed by atoms with Crippen LogP contribution in [0.25, 0.3) is 11.0 Å². The Morgan fingerprint density at radius 1 is 1.33 bits per heavy atom. The number of ether oxygens (including phenoxy) is 2. The molecule has 1 aliphatic heterocycles. The van der Waals surface area contributed by atoms with Gasteiger partial charge in [0, 0.05) is 26.0 Å². The fourth-order valence-electron chi connectivity index (χ4n) is 3.17. The molecule has 7 nitrogen and oxygen atoms in total. The summed E-state index contributed by atoms with van der Waals surface area (Å²) in [5, 5.41) is 1.01. The number of hydrogen-bond donors (Lipinski definition) is 1. The minimum atomic E-state index is 0.163. The first-order valence-corrected chi connectivity index (χ1v) is 7.95. The largest absolute Gasteiger partial charge is 0.490 e. The average Bonchev–Trinajstić information content (AvgIpc) is 3.27. The quantitative estimate of drug-likeness (QED) is 0.773. The Labute approximate surface area is 139 Å². The van der Waals surface area contributed by atoms with Gasteiger partial charge in [-0.05, 0) is 24.6 Å². The maximum atomic E-state index is 5.92. The lowest BCUT2D eigenvalue weighted by Gasteiger charge is -2.25. The highest BCUT2D eigenvalue weighted by atomic mass is 16.5. The summed E-state index contributed by atoms with van der Waals surface area (Å²) >= 11 is 0. The smallest absolute Gasteiger partial charge is 0.142 e. The topological polar surface area (TPSA) is 76.2 Å². The minimum Gasteiger partial charge on any atom is -0.490 e. The van der Waals surface area contributed by atoms with Crippen LogP contribution in [0.15, 0.2) is 43.1 Å². The summed E-state index contributed by atoms with van der Waals surface area (Å²) in [6.07, 6.45) is 7.99. The van der Waals surface area contributed by atoms with E-state index in [1.165, 1.54) is 0 Å². The second-order valence-corrected chi connectivity index (χ2v) is 5.84. The molecule has 4 rings (SSSR count). The molecule has 1 N–H and O–H groups in total. The van der Waals surface area contributed by atoms with Crippen molar-refractivity contribution in [1.29, 1.82) is 0 Å². The van der Waals surface area contributed by atoms with Crippen LogP contribution >= 0.6 is 0 Å². The summed E-state index contributed by atoms with van der Waals surface area (Å²) in [6.45, 7) is 1.34. The third-order valence-electron chi connectivity index (χ3n) is 4.39. The van der Waals surface area contributed by atoms with Gasteiger partial charge in [-0.3, -0.25) is 4.98 Å². The lowest BCUT2D eigenvalue weighted by Crippen LogP contribution is -2.35. The molecule has 7 heteroatoms. The van der Waals surface area contributed by atoms with Crippen molar-refractivity contribution in [3.05, 3.63) is 43.1 Å². The maximum Gasteiger partial charge on any atom is 0.142 e. The summed E-state index contributed by atoms with van der Waals surface area (Å²) in [6, 6.07) is 5.97. The van der Waals surface area contributed by atoms with E-state index >= 15 is 0 Å². The van der Waals surface area contributed by atoms with E-state index in [9.17, 15) is 0 Å². The van der Waals surface area contributed by atoms with E-state index in [0.717, 1.165) is 35.6 Å². The lowest BCUT2D eigenvalue weighted by molar-refractivity contribution is 0.115. The molecule has 0 saturated carbocycles. The molecule has 0 aromatic carbocycles. The van der Waals surface area contributed by atoms with Crippen molar-refractivity contribution in [1.82, 2.24) is 19.9 Å². The predicted octanol–water partition coefficient (Wildman–Crippen LogP) is 2.03. The van der Waals surface area contributed by atoms with Crippen molar-refractivity contribution in [2.24, 2.45) is 0 Å². The van der Waals surface area contributed by atoms with Gasteiger partial charge in [0.15, 0.2) is 0 Å². The van der Waals surface area contributed by atoms with Gasteiger partial charge in [0.25, 0.3) is 0 Å². The normalized spacial score (nSPS) is 20.6. The van der Waals surface area contributed by atoms with Gasteiger partial charge >= 0.3 is 0 Å². The van der Waals surface area contributed by atoms with E-state index in [1.54, 1.807) is 25.8 Å². The minimum absolute atomic E-state index is 0.163. The Kier molecular flexibility index (Phi) is 4.00. The molecule has 3 aromatic heterocycles. The Bertz CT molecular complexity index is 807. The van der Waals surface area contributed by atoms with Gasteiger partial charge in [-0.25, -0.2) is 9.97 Å². The number of rotatable bonds is 5. The van der Waals surface area contributed by atoms with Crippen LogP contribution in [-0.4, -0.2) is 52.3 Å². The number of hydrogen-bond acceptors (Lipinski definition) is 6. The first kappa shape index (κ1) is 14.9. The molecule has 1 aliphatic rings. The van der Waals surface area contributed by atoms with Crippen molar-refractivity contribution in [3.63, 3.8) is 0 Å². The van der Waals surface area contributed by atoms with Gasteiger partial charge in [-0.2, -0.15) is 0 Å². The second-order valence-electron chi connectivity index (χ2n) is 5.84. The van der Waals surface area contributed by atoms with E-state index in [0.29, 0.717) is 6.61 Å². The molecule has 0 radical (unpaired) electrons. The number of pyridine rings is 1. The Morgan fingerprint density at radius 3 is 3.12 bits per heavy atom. The molecule has 3 aromatic rings. The highest BCUT2D eigenvalue weighted by Crippen LogP contribution is 2.30. The average molecular weight is 325 g/mol. The molecule has 0 unspecified atom stereocenters. The van der Waals surface area contributed by atoms with Crippen molar-refractivity contribution in [3.8, 4) is 5.75 Å². The zero-order valence-electron chi connectivity index (χ0n) is 13.4. The molecule has 0 spiro atoms. The van der Waals surface area contributed by atoms with Crippen LogP contribution in [0.4, 0.5) is 5.82 Å². The zero-order chi connectivity index (χ0) is 16.4. The van der Waals surface area contributed by atoms with Gasteiger partial charge in [0.2, 0.25) is 0 Å². The molecular weight excluding hydrogens is 306 g/mol. The van der Waals surface area contributed by atoms with E-state index in [1.807, 2.05) is 24.4 Å². The number of H-pyrrole nitrogens is 1. The summed E-state index contributed by atoms with van der Waals surface area (Å²) < 4.78 is 11.5. The van der Waals surface area contributed by atoms with Gasteiger partial charge < -0.3 is 19.4 Å². The molecule has 4 heterocycles. The Balaban J connectivity index is 1.58. The number of nitrogens with zero attached hydrogens (tertiary/aromatic N) is 4. The molecule has 0 aliphatic carbocycles. The number of aromatic amines is 1. The van der Waals surface area contributed by atoms with Crippen molar-refractivity contribution in [2.45, 2.75) is 18.6 Å². The van der Waals surface area contributed by atoms with Crippen LogP contribution in [0.5, 0.6) is 5.75 Å². The molecule has 1 saturated heterocycles. The van der Waals surface area contributed by atoms with Gasteiger partial charge in [-0.1, -0.05) is 0 Å². The molecule has 2 atom stereocenters. The van der Waals surface area contributed by atoms with E-state index in [4.69, 9.17) is 9.47 Å². The van der Waals surface area contributed by atoms with Crippen molar-refractivity contribution >= 4 is 16.9 Å². The van der Waals surface area contributed by atoms with Crippen molar-refractivity contribution < 1.29 is 9.47 Å². The fraction of sp³-hybridized carbons (Fsp3) is 0.353. The van der Waals surface area contributed by atoms with Crippen molar-refractivity contribution in [2.75, 3.05) is 25.2 Å². The Morgan fingerprint density at radius 2 is 2.29 bits per heavy atom. The standard InChI is InChI=1S/C17H19N5O2/c1-23-14-7-12(10-24-13-3-2-5-18-8-13)22(9-14)17-15-4-6-19-16(15)20-11-21-17/h2-6,8,11-12,14H,7,9-10H2,1H3,(H,19,20,21)/t12-,14+/m0/s1. The van der Waals surface area contributed by atoms with Crippen LogP contribution in [0.2, 0.25) is 0 Å². The summed E-state index contributed by atoms with van der Waals surface area (Å²) in [7, 11) is 1.75. The second kappa shape index (κ2) is 6.45. The van der Waals surface area contributed by atoms with Gasteiger partial charge in [0.1, 0.15) is 30.1 Å². The van der Waals surface area contributed by atoms with Gasteiger partial charge in [-0.15, -0.1) is 0 Å². The highest BCUT2D eigenvalue weighted by Gasteiger charge is 2.34. The number of anilines is 1. The van der Waals surface area contributed by atoms with E-state index < -0.39 is 0 Å². The van der Waals surface area contributed by atoms with Crippen LogP contribution in [0, 0.1) is 0 Å². The van der Waals surface area contributed by atoms with Crippen LogP contribution in [0.1, 0.15) is 6.42 Å². The third-order valence-corrected chi connectivity index (χ3v) is 4.39. The molecule has 1 fully saturated rings. The molecule has 24 heavy (non-hydrogen) atoms. The number of nitrogens with one attached hydrogen (secondary N) is 1. The summed E-state index contributed by atoms with van der Waals surface area (Å²) in [5.74, 6) is 1.69. The summed E-state index contributed by atoms with van der Waals surface area (Å²) in [4.78, 5) is 18.2. The Hall–Kier alpha value is -2.67. The van der Waals surface area contributed by atoms with Gasteiger partial charge in [0.05, 0.1) is 23.7 Å². The molecular formula is C17H19N5O2. The summed E-state index contributed by atoms with van der Waals surface area (Å²) in [5.41, 5.74) is 0.841. The molecule has 124 valence electrons. The number of aromatic nitrogens is 4. The monoisotopic (exact) mass is 325 g/mol. The van der Waals surface area contributed by atoms with Crippen LogP contribution < -0.4 is 9.64 Å². The fourth-order valence-corrected chi connectivity index (χ4v) is 3.17. The molecule has 0 amide bonds. The van der Waals surface area contributed by atoms with E-state index in [-0.39, 0.29) is 12.1 Å². The number of fused-ring (bicyclic) bond motifs is 1. The zero-order valence-corrected chi connectivity index (χ0v) is 13.4. The lowest BCUT2D eigenvalue weighted by atomic mass is 10.2.